The van der Waals surface area contributed by atoms with Crippen LogP contribution in [0.3, 0.4) is 0 Å². The molecule has 0 unspecified atom stereocenters. The number of para-hydroxylation sites is 1. The summed E-state index contributed by atoms with van der Waals surface area (Å²) in [6.07, 6.45) is 2.23. The van der Waals surface area contributed by atoms with Crippen LogP contribution >= 0.6 is 0 Å². The molecule has 5 heteroatoms. The zero-order valence-electron chi connectivity index (χ0n) is 16.7. The van der Waals surface area contributed by atoms with Crippen LogP contribution in [0.2, 0.25) is 0 Å². The smallest absolute Gasteiger partial charge is 0.225 e. The summed E-state index contributed by atoms with van der Waals surface area (Å²) in [5, 5.41) is 6.40. The molecule has 0 bridgehead atoms. The van der Waals surface area contributed by atoms with Crippen molar-refractivity contribution in [2.75, 3.05) is 26.1 Å². The first-order chi connectivity index (χ1) is 13.1. The molecular weight excluding hydrogens is 340 g/mol. The van der Waals surface area contributed by atoms with Crippen LogP contribution in [0.5, 0.6) is 11.5 Å². The van der Waals surface area contributed by atoms with Crippen molar-refractivity contribution in [3.63, 3.8) is 0 Å². The number of amides is 1. The average Bonchev–Trinajstić information content (AvgIpc) is 2.71. The Morgan fingerprint density at radius 2 is 1.63 bits per heavy atom. The van der Waals surface area contributed by atoms with Crippen LogP contribution in [-0.4, -0.2) is 26.7 Å². The van der Waals surface area contributed by atoms with Gasteiger partial charge in [0.1, 0.15) is 0 Å². The molecule has 2 N–H and O–H groups in total. The zero-order valence-corrected chi connectivity index (χ0v) is 16.7. The minimum Gasteiger partial charge on any atom is -0.493 e. The predicted molar refractivity (Wildman–Crippen MR) is 110 cm³/mol. The Labute approximate surface area is 162 Å². The molecule has 0 heterocycles. The fraction of sp³-hybridized carbons (Fsp3) is 0.409. The molecule has 0 saturated heterocycles. The lowest BCUT2D eigenvalue weighted by atomic mass is 10.0. The molecule has 1 amide bonds. The Morgan fingerprint density at radius 3 is 2.22 bits per heavy atom. The molecule has 0 spiro atoms. The van der Waals surface area contributed by atoms with Crippen LogP contribution in [0.4, 0.5) is 5.69 Å². The summed E-state index contributed by atoms with van der Waals surface area (Å²) in [6.45, 7) is 5.49. The van der Waals surface area contributed by atoms with Crippen LogP contribution in [0, 0.1) is 0 Å². The molecule has 2 aromatic carbocycles. The lowest BCUT2D eigenvalue weighted by Crippen LogP contribution is -2.22. The van der Waals surface area contributed by atoms with Crippen LogP contribution in [-0.2, 0) is 24.2 Å². The Morgan fingerprint density at radius 1 is 0.963 bits per heavy atom. The van der Waals surface area contributed by atoms with Crippen LogP contribution in [0.15, 0.2) is 36.4 Å². The quantitative estimate of drug-likeness (QED) is 0.622. The third-order valence-electron chi connectivity index (χ3n) is 4.57. The summed E-state index contributed by atoms with van der Waals surface area (Å²) in [4.78, 5) is 12.4. The molecule has 0 atom stereocenters. The highest BCUT2D eigenvalue weighted by Gasteiger charge is 2.10. The minimum absolute atomic E-state index is 0.0328. The highest BCUT2D eigenvalue weighted by atomic mass is 16.5. The molecule has 0 fully saturated rings. The zero-order chi connectivity index (χ0) is 19.6. The van der Waals surface area contributed by atoms with Crippen molar-refractivity contribution in [1.29, 1.82) is 0 Å². The summed E-state index contributed by atoms with van der Waals surface area (Å²) < 4.78 is 10.6. The van der Waals surface area contributed by atoms with E-state index in [0.29, 0.717) is 31.0 Å². The van der Waals surface area contributed by atoms with E-state index in [0.717, 1.165) is 24.1 Å². The maximum absolute atomic E-state index is 12.4. The fourth-order valence-electron chi connectivity index (χ4n) is 3.03. The Balaban J connectivity index is 1.85. The molecular formula is C22H30N2O3. The second-order valence-electron chi connectivity index (χ2n) is 6.32. The molecule has 0 aliphatic rings. The fourth-order valence-corrected chi connectivity index (χ4v) is 3.03. The summed E-state index contributed by atoms with van der Waals surface area (Å²) in [5.41, 5.74) is 4.42. The lowest BCUT2D eigenvalue weighted by Gasteiger charge is -2.14. The lowest BCUT2D eigenvalue weighted by molar-refractivity contribution is -0.116. The molecule has 0 aliphatic carbocycles. The molecule has 0 saturated carbocycles. The number of aryl methyl sites for hydroxylation is 2. The van der Waals surface area contributed by atoms with Gasteiger partial charge in [-0.2, -0.15) is 0 Å². The van der Waals surface area contributed by atoms with Gasteiger partial charge < -0.3 is 20.1 Å². The van der Waals surface area contributed by atoms with E-state index in [4.69, 9.17) is 9.47 Å². The Kier molecular flexibility index (Phi) is 8.14. The van der Waals surface area contributed by atoms with E-state index in [2.05, 4.69) is 42.7 Å². The number of carbonyl (C=O) groups excluding carboxylic acids is 1. The highest BCUT2D eigenvalue weighted by molar-refractivity contribution is 5.92. The highest BCUT2D eigenvalue weighted by Crippen LogP contribution is 2.27. The van der Waals surface area contributed by atoms with Crippen molar-refractivity contribution in [3.8, 4) is 11.5 Å². The number of methoxy groups -OCH3 is 2. The maximum Gasteiger partial charge on any atom is 0.225 e. The summed E-state index contributed by atoms with van der Waals surface area (Å²) in [5.74, 6) is 1.45. The van der Waals surface area contributed by atoms with Crippen LogP contribution in [0.25, 0.3) is 0 Å². The van der Waals surface area contributed by atoms with E-state index in [-0.39, 0.29) is 5.91 Å². The number of rotatable bonds is 10. The summed E-state index contributed by atoms with van der Waals surface area (Å²) >= 11 is 0. The van der Waals surface area contributed by atoms with Gasteiger partial charge >= 0.3 is 0 Å². The second-order valence-corrected chi connectivity index (χ2v) is 6.32. The van der Waals surface area contributed by atoms with Gasteiger partial charge in [-0.25, -0.2) is 0 Å². The number of hydrogen-bond acceptors (Lipinski definition) is 4. The van der Waals surface area contributed by atoms with Crippen molar-refractivity contribution < 1.29 is 14.3 Å². The largest absolute Gasteiger partial charge is 0.493 e. The molecule has 5 nitrogen and oxygen atoms in total. The number of carbonyl (C=O) groups is 1. The number of ether oxygens (including phenoxy) is 2. The molecule has 146 valence electrons. The third-order valence-corrected chi connectivity index (χ3v) is 4.57. The predicted octanol–water partition coefficient (Wildman–Crippen LogP) is 3.95. The second kappa shape index (κ2) is 10.6. The van der Waals surface area contributed by atoms with Gasteiger partial charge in [0, 0.05) is 25.2 Å². The summed E-state index contributed by atoms with van der Waals surface area (Å²) in [7, 11) is 3.24. The third kappa shape index (κ3) is 5.73. The number of nitrogens with one attached hydrogen (secondary N) is 2. The molecule has 0 aromatic heterocycles. The molecule has 2 aromatic rings. The van der Waals surface area contributed by atoms with Crippen molar-refractivity contribution >= 4 is 11.6 Å². The van der Waals surface area contributed by atoms with Gasteiger partial charge in [-0.3, -0.25) is 4.79 Å². The number of hydrogen-bond donors (Lipinski definition) is 2. The SMILES string of the molecule is CCc1cccc(CC)c1NC(=O)CCNCc1ccc(OC)c(OC)c1. The van der Waals surface area contributed by atoms with Crippen molar-refractivity contribution in [2.45, 2.75) is 39.7 Å². The van der Waals surface area contributed by atoms with Gasteiger partial charge in [-0.1, -0.05) is 38.1 Å². The van der Waals surface area contributed by atoms with Gasteiger partial charge in [0.25, 0.3) is 0 Å². The van der Waals surface area contributed by atoms with Crippen molar-refractivity contribution in [3.05, 3.63) is 53.1 Å². The normalized spacial score (nSPS) is 10.5. The van der Waals surface area contributed by atoms with Crippen molar-refractivity contribution in [1.82, 2.24) is 5.32 Å². The Bertz CT molecular complexity index is 737. The Hall–Kier alpha value is -2.53. The van der Waals surface area contributed by atoms with Crippen LogP contribution < -0.4 is 20.1 Å². The molecule has 0 radical (unpaired) electrons. The van der Waals surface area contributed by atoms with Crippen molar-refractivity contribution in [2.24, 2.45) is 0 Å². The monoisotopic (exact) mass is 370 g/mol. The van der Waals surface area contributed by atoms with Crippen LogP contribution in [0.1, 0.15) is 37.0 Å². The van der Waals surface area contributed by atoms with E-state index in [1.807, 2.05) is 18.2 Å². The van der Waals surface area contributed by atoms with E-state index in [1.54, 1.807) is 14.2 Å². The average molecular weight is 370 g/mol. The first-order valence-electron chi connectivity index (χ1n) is 9.45. The number of anilines is 1. The molecule has 27 heavy (non-hydrogen) atoms. The van der Waals surface area contributed by atoms with E-state index >= 15 is 0 Å². The first-order valence-corrected chi connectivity index (χ1v) is 9.45. The van der Waals surface area contributed by atoms with Gasteiger partial charge in [0.15, 0.2) is 11.5 Å². The topological polar surface area (TPSA) is 59.6 Å². The van der Waals surface area contributed by atoms with E-state index < -0.39 is 0 Å². The molecule has 0 aliphatic heterocycles. The van der Waals surface area contributed by atoms with Gasteiger partial charge in [0.2, 0.25) is 5.91 Å². The molecule has 2 rings (SSSR count). The summed E-state index contributed by atoms with van der Waals surface area (Å²) in [6, 6.07) is 12.0. The maximum atomic E-state index is 12.4. The number of benzene rings is 2. The van der Waals surface area contributed by atoms with Gasteiger partial charge in [-0.05, 0) is 41.7 Å². The van der Waals surface area contributed by atoms with Gasteiger partial charge in [-0.15, -0.1) is 0 Å². The van der Waals surface area contributed by atoms with E-state index in [1.165, 1.54) is 11.1 Å². The van der Waals surface area contributed by atoms with Gasteiger partial charge in [0.05, 0.1) is 14.2 Å². The standard InChI is InChI=1S/C22H30N2O3/c1-5-17-8-7-9-18(6-2)22(17)24-21(25)12-13-23-15-16-10-11-19(26-3)20(14-16)27-4/h7-11,14,23H,5-6,12-13,15H2,1-4H3,(H,24,25). The first kappa shape index (κ1) is 20.8. The van der Waals surface area contributed by atoms with E-state index in [9.17, 15) is 4.79 Å². The minimum atomic E-state index is 0.0328.